The van der Waals surface area contributed by atoms with Crippen LogP contribution in [0.3, 0.4) is 0 Å². The van der Waals surface area contributed by atoms with E-state index in [4.69, 9.17) is 21.1 Å². The summed E-state index contributed by atoms with van der Waals surface area (Å²) < 4.78 is 10.2. The zero-order chi connectivity index (χ0) is 23.3. The molecule has 6 heteroatoms. The standard InChI is InChI=1S/C27H32ClNO4/c1-32-25(30)23-11-10-20(16-24(23)28)8-5-9-22-17-27(18-22)12-14-29(15-13-27)26(31)33-19-21-6-3-2-4-7-21/h2-4,6-7,10-11,16,22H,5,8-9,12-15,17-19H2,1H3. The molecule has 1 saturated carbocycles. The van der Waals surface area contributed by atoms with E-state index in [1.807, 2.05) is 47.4 Å². The first-order valence-electron chi connectivity index (χ1n) is 11.8. The lowest BCUT2D eigenvalue weighted by Gasteiger charge is -2.52. The smallest absolute Gasteiger partial charge is 0.410 e. The number of carbonyl (C=O) groups excluding carboxylic acids is 2. The zero-order valence-electron chi connectivity index (χ0n) is 19.2. The number of hydrogen-bond acceptors (Lipinski definition) is 4. The molecule has 1 aliphatic heterocycles. The van der Waals surface area contributed by atoms with Gasteiger partial charge in [-0.15, -0.1) is 0 Å². The Balaban J connectivity index is 1.14. The van der Waals surface area contributed by atoms with Gasteiger partial charge < -0.3 is 14.4 Å². The highest BCUT2D eigenvalue weighted by Gasteiger charge is 2.45. The summed E-state index contributed by atoms with van der Waals surface area (Å²) in [6.07, 6.45) is 7.79. The molecule has 1 heterocycles. The number of benzene rings is 2. The lowest BCUT2D eigenvalue weighted by atomic mass is 9.56. The normalized spacial score (nSPS) is 17.5. The fourth-order valence-electron chi connectivity index (χ4n) is 5.34. The summed E-state index contributed by atoms with van der Waals surface area (Å²) >= 11 is 6.23. The Labute approximate surface area is 201 Å². The predicted molar refractivity (Wildman–Crippen MR) is 128 cm³/mol. The van der Waals surface area contributed by atoms with Crippen molar-refractivity contribution in [2.45, 2.75) is 51.6 Å². The van der Waals surface area contributed by atoms with Gasteiger partial charge in [0, 0.05) is 13.1 Å². The van der Waals surface area contributed by atoms with Crippen molar-refractivity contribution in [3.8, 4) is 0 Å². The summed E-state index contributed by atoms with van der Waals surface area (Å²) in [5, 5.41) is 0.455. The van der Waals surface area contributed by atoms with Crippen molar-refractivity contribution in [3.05, 3.63) is 70.2 Å². The zero-order valence-corrected chi connectivity index (χ0v) is 20.0. The number of ether oxygens (including phenoxy) is 2. The molecule has 0 aromatic heterocycles. The van der Waals surface area contributed by atoms with E-state index in [2.05, 4.69) is 0 Å². The molecule has 0 atom stereocenters. The Morgan fingerprint density at radius 1 is 1.06 bits per heavy atom. The fraction of sp³-hybridized carbons (Fsp3) is 0.481. The van der Waals surface area contributed by atoms with Crippen molar-refractivity contribution < 1.29 is 19.1 Å². The van der Waals surface area contributed by atoms with Gasteiger partial charge in [-0.25, -0.2) is 9.59 Å². The van der Waals surface area contributed by atoms with Crippen molar-refractivity contribution >= 4 is 23.7 Å². The highest BCUT2D eigenvalue weighted by molar-refractivity contribution is 6.33. The lowest BCUT2D eigenvalue weighted by molar-refractivity contribution is -0.0172. The molecule has 0 unspecified atom stereocenters. The third kappa shape index (κ3) is 5.89. The van der Waals surface area contributed by atoms with Crippen LogP contribution in [0.25, 0.3) is 0 Å². The maximum Gasteiger partial charge on any atom is 0.410 e. The maximum atomic E-state index is 12.4. The SMILES string of the molecule is COC(=O)c1ccc(CCCC2CC3(CCN(C(=O)OCc4ccccc4)CC3)C2)cc1Cl. The van der Waals surface area contributed by atoms with Crippen LogP contribution in [-0.2, 0) is 22.5 Å². The van der Waals surface area contributed by atoms with E-state index in [0.717, 1.165) is 55.8 Å². The molecule has 33 heavy (non-hydrogen) atoms. The minimum absolute atomic E-state index is 0.193. The molecule has 2 fully saturated rings. The van der Waals surface area contributed by atoms with Crippen LogP contribution < -0.4 is 0 Å². The van der Waals surface area contributed by atoms with Crippen LogP contribution >= 0.6 is 11.6 Å². The molecular weight excluding hydrogens is 438 g/mol. The Kier molecular flexibility index (Phi) is 7.59. The average Bonchev–Trinajstić information content (AvgIpc) is 2.82. The Bertz CT molecular complexity index is 961. The van der Waals surface area contributed by atoms with E-state index in [1.165, 1.54) is 26.4 Å². The molecule has 2 aromatic carbocycles. The molecule has 5 nitrogen and oxygen atoms in total. The van der Waals surface area contributed by atoms with Gasteiger partial charge in [-0.2, -0.15) is 0 Å². The van der Waals surface area contributed by atoms with Crippen LogP contribution in [0.2, 0.25) is 5.02 Å². The summed E-state index contributed by atoms with van der Waals surface area (Å²) in [6.45, 7) is 1.93. The number of rotatable bonds is 7. The number of halogens is 1. The molecule has 2 aromatic rings. The third-order valence-electron chi connectivity index (χ3n) is 7.25. The molecule has 1 aliphatic carbocycles. The number of esters is 1. The van der Waals surface area contributed by atoms with Gasteiger partial charge in [-0.05, 0) is 73.1 Å². The highest BCUT2D eigenvalue weighted by atomic mass is 35.5. The first kappa shape index (κ1) is 23.6. The van der Waals surface area contributed by atoms with Crippen LogP contribution in [-0.4, -0.2) is 37.2 Å². The van der Waals surface area contributed by atoms with Gasteiger partial charge in [-0.3, -0.25) is 0 Å². The molecule has 0 N–H and O–H groups in total. The monoisotopic (exact) mass is 469 g/mol. The van der Waals surface area contributed by atoms with Crippen molar-refractivity contribution in [1.82, 2.24) is 4.90 Å². The summed E-state index contributed by atoms with van der Waals surface area (Å²) in [4.78, 5) is 25.9. The van der Waals surface area contributed by atoms with E-state index >= 15 is 0 Å². The number of methoxy groups -OCH3 is 1. The van der Waals surface area contributed by atoms with E-state index in [9.17, 15) is 9.59 Å². The molecule has 176 valence electrons. The number of amides is 1. The Hall–Kier alpha value is -2.53. The fourth-order valence-corrected chi connectivity index (χ4v) is 5.62. The van der Waals surface area contributed by atoms with Gasteiger partial charge in [0.15, 0.2) is 0 Å². The number of carbonyl (C=O) groups is 2. The van der Waals surface area contributed by atoms with Crippen molar-refractivity contribution in [2.24, 2.45) is 11.3 Å². The Morgan fingerprint density at radius 3 is 2.45 bits per heavy atom. The van der Waals surface area contributed by atoms with Gasteiger partial charge in [-0.1, -0.05) is 54.4 Å². The second kappa shape index (κ2) is 10.6. The summed E-state index contributed by atoms with van der Waals surface area (Å²) in [7, 11) is 1.36. The molecule has 1 saturated heterocycles. The molecule has 1 spiro atoms. The number of piperidine rings is 1. The van der Waals surface area contributed by atoms with Crippen LogP contribution in [0.15, 0.2) is 48.5 Å². The van der Waals surface area contributed by atoms with E-state index in [0.29, 0.717) is 22.6 Å². The molecule has 2 aliphatic rings. The lowest BCUT2D eigenvalue weighted by Crippen LogP contribution is -2.48. The van der Waals surface area contributed by atoms with Crippen molar-refractivity contribution in [2.75, 3.05) is 20.2 Å². The largest absolute Gasteiger partial charge is 0.465 e. The topological polar surface area (TPSA) is 55.8 Å². The molecule has 1 amide bonds. The third-order valence-corrected chi connectivity index (χ3v) is 7.56. The minimum atomic E-state index is -0.401. The number of hydrogen-bond donors (Lipinski definition) is 0. The average molecular weight is 470 g/mol. The number of likely N-dealkylation sites (tertiary alicyclic amines) is 1. The first-order valence-corrected chi connectivity index (χ1v) is 12.2. The highest BCUT2D eigenvalue weighted by Crippen LogP contribution is 2.54. The van der Waals surface area contributed by atoms with Crippen LogP contribution in [0.1, 0.15) is 60.0 Å². The number of aryl methyl sites for hydroxylation is 1. The van der Waals surface area contributed by atoms with Crippen LogP contribution in [0, 0.1) is 11.3 Å². The summed E-state index contributed by atoms with van der Waals surface area (Å²) in [5.74, 6) is 0.369. The Morgan fingerprint density at radius 2 is 1.79 bits per heavy atom. The number of nitrogens with zero attached hydrogens (tertiary/aromatic N) is 1. The van der Waals surface area contributed by atoms with Crippen molar-refractivity contribution in [3.63, 3.8) is 0 Å². The first-order chi connectivity index (χ1) is 16.0. The van der Waals surface area contributed by atoms with Gasteiger partial charge in [0.2, 0.25) is 0 Å². The second-order valence-corrected chi connectivity index (χ2v) is 9.91. The van der Waals surface area contributed by atoms with Crippen LogP contribution in [0.5, 0.6) is 0 Å². The van der Waals surface area contributed by atoms with E-state index < -0.39 is 5.97 Å². The van der Waals surface area contributed by atoms with Crippen molar-refractivity contribution in [1.29, 1.82) is 0 Å². The summed E-state index contributed by atoms with van der Waals surface area (Å²) in [6, 6.07) is 15.4. The van der Waals surface area contributed by atoms with Gasteiger partial charge >= 0.3 is 12.1 Å². The van der Waals surface area contributed by atoms with Gasteiger partial charge in [0.1, 0.15) is 6.61 Å². The quantitative estimate of drug-likeness (QED) is 0.448. The predicted octanol–water partition coefficient (Wildman–Crippen LogP) is 6.28. The molecule has 0 bridgehead atoms. The molecule has 0 radical (unpaired) electrons. The van der Waals surface area contributed by atoms with Gasteiger partial charge in [0.05, 0.1) is 17.7 Å². The molecular formula is C27H32ClNO4. The van der Waals surface area contributed by atoms with Gasteiger partial charge in [0.25, 0.3) is 0 Å². The summed E-state index contributed by atoms with van der Waals surface area (Å²) in [5.41, 5.74) is 3.01. The minimum Gasteiger partial charge on any atom is -0.465 e. The van der Waals surface area contributed by atoms with E-state index in [-0.39, 0.29) is 6.09 Å². The van der Waals surface area contributed by atoms with E-state index in [1.54, 1.807) is 6.07 Å². The van der Waals surface area contributed by atoms with Crippen LogP contribution in [0.4, 0.5) is 4.79 Å². The molecule has 4 rings (SSSR count). The maximum absolute atomic E-state index is 12.4. The second-order valence-electron chi connectivity index (χ2n) is 9.50.